The zero-order valence-electron chi connectivity index (χ0n) is 16.1. The Labute approximate surface area is 163 Å². The van der Waals surface area contributed by atoms with Gasteiger partial charge in [-0.05, 0) is 5.56 Å². The number of benzene rings is 1. The highest BCUT2D eigenvalue weighted by Gasteiger charge is 2.25. The number of rotatable bonds is 7. The lowest BCUT2D eigenvalue weighted by molar-refractivity contribution is 0.0935. The second-order valence-electron chi connectivity index (χ2n) is 6.69. The first kappa shape index (κ1) is 19.5. The first-order valence-electron chi connectivity index (χ1n) is 9.12. The van der Waals surface area contributed by atoms with E-state index in [1.165, 1.54) is 12.3 Å². The normalized spacial score (nSPS) is 13.7. The topological polar surface area (TPSA) is 83.9 Å². The lowest BCUT2D eigenvalue weighted by Gasteiger charge is -2.17. The van der Waals surface area contributed by atoms with Gasteiger partial charge in [0.2, 0.25) is 5.43 Å². The van der Waals surface area contributed by atoms with Crippen molar-refractivity contribution < 1.29 is 14.3 Å². The Morgan fingerprint density at radius 2 is 1.86 bits per heavy atom. The summed E-state index contributed by atoms with van der Waals surface area (Å²) in [6.45, 7) is 2.21. The van der Waals surface area contributed by atoms with Crippen molar-refractivity contribution in [1.29, 1.82) is 0 Å². The molecule has 1 aromatic carbocycles. The number of amides is 3. The van der Waals surface area contributed by atoms with Crippen molar-refractivity contribution in [2.75, 3.05) is 33.2 Å². The van der Waals surface area contributed by atoms with E-state index in [1.54, 1.807) is 28.5 Å². The molecule has 28 heavy (non-hydrogen) atoms. The average molecular weight is 384 g/mol. The van der Waals surface area contributed by atoms with Crippen LogP contribution < -0.4 is 15.5 Å². The number of aryl methyl sites for hydroxylation is 1. The van der Waals surface area contributed by atoms with Gasteiger partial charge in [0.05, 0.1) is 0 Å². The Kier molecular flexibility index (Phi) is 5.98. The predicted molar refractivity (Wildman–Crippen MR) is 104 cm³/mol. The fourth-order valence-corrected chi connectivity index (χ4v) is 3.04. The van der Waals surface area contributed by atoms with E-state index >= 15 is 0 Å². The van der Waals surface area contributed by atoms with E-state index in [0.717, 1.165) is 5.56 Å². The quantitative estimate of drug-likeness (QED) is 0.774. The number of nitrogens with zero attached hydrogens (tertiary/aromatic N) is 3. The zero-order chi connectivity index (χ0) is 20.1. The number of carbonyl (C=O) groups excluding carboxylic acids is 2. The second-order valence-corrected chi connectivity index (χ2v) is 6.69. The van der Waals surface area contributed by atoms with E-state index in [1.807, 2.05) is 30.3 Å². The largest absolute Gasteiger partial charge is 0.483 e. The van der Waals surface area contributed by atoms with Gasteiger partial charge < -0.3 is 24.4 Å². The van der Waals surface area contributed by atoms with Crippen LogP contribution in [0.3, 0.4) is 0 Å². The second kappa shape index (κ2) is 8.60. The van der Waals surface area contributed by atoms with Crippen molar-refractivity contribution in [2.24, 2.45) is 7.05 Å². The van der Waals surface area contributed by atoms with Gasteiger partial charge in [-0.25, -0.2) is 4.79 Å². The first-order chi connectivity index (χ1) is 13.5. The Balaban J connectivity index is 1.68. The van der Waals surface area contributed by atoms with Gasteiger partial charge in [-0.3, -0.25) is 9.59 Å². The summed E-state index contributed by atoms with van der Waals surface area (Å²) in [5.74, 6) is -0.397. The summed E-state index contributed by atoms with van der Waals surface area (Å²) in [4.78, 5) is 40.2. The molecule has 1 fully saturated rings. The molecule has 0 saturated carbocycles. The summed E-state index contributed by atoms with van der Waals surface area (Å²) in [5.41, 5.74) is 0.709. The minimum atomic E-state index is -0.414. The Hall–Kier alpha value is -3.29. The highest BCUT2D eigenvalue weighted by molar-refractivity contribution is 5.95. The number of hydrogen-bond acceptors (Lipinski definition) is 4. The molecular weight excluding hydrogens is 360 g/mol. The molecule has 148 valence electrons. The number of ether oxygens (including phenoxy) is 1. The van der Waals surface area contributed by atoms with E-state index in [4.69, 9.17) is 4.74 Å². The molecule has 2 aromatic rings. The predicted octanol–water partition coefficient (Wildman–Crippen LogP) is 1.06. The van der Waals surface area contributed by atoms with Crippen molar-refractivity contribution >= 4 is 11.9 Å². The molecule has 3 amide bonds. The molecule has 3 rings (SSSR count). The molecule has 1 aromatic heterocycles. The summed E-state index contributed by atoms with van der Waals surface area (Å²) in [6.07, 6.45) is 1.53. The summed E-state index contributed by atoms with van der Waals surface area (Å²) in [5, 5.41) is 2.78. The van der Waals surface area contributed by atoms with Crippen LogP contribution in [0.1, 0.15) is 16.1 Å². The third-order valence-corrected chi connectivity index (χ3v) is 4.65. The number of aromatic nitrogens is 1. The van der Waals surface area contributed by atoms with E-state index < -0.39 is 5.91 Å². The maximum absolute atomic E-state index is 12.7. The molecule has 0 aliphatic carbocycles. The maximum Gasteiger partial charge on any atom is 0.319 e. The van der Waals surface area contributed by atoms with Gasteiger partial charge in [0.15, 0.2) is 11.4 Å². The van der Waals surface area contributed by atoms with Gasteiger partial charge in [-0.15, -0.1) is 0 Å². The van der Waals surface area contributed by atoms with Crippen molar-refractivity contribution in [3.05, 3.63) is 64.1 Å². The van der Waals surface area contributed by atoms with Gasteiger partial charge in [-0.1, -0.05) is 30.3 Å². The van der Waals surface area contributed by atoms with E-state index in [-0.39, 0.29) is 29.5 Å². The number of likely N-dealkylation sites (N-methyl/N-ethyl adjacent to an activating group) is 1. The third-order valence-electron chi connectivity index (χ3n) is 4.65. The van der Waals surface area contributed by atoms with Crippen molar-refractivity contribution in [2.45, 2.75) is 6.61 Å². The van der Waals surface area contributed by atoms with Crippen molar-refractivity contribution in [1.82, 2.24) is 19.7 Å². The van der Waals surface area contributed by atoms with Crippen LogP contribution in [0.4, 0.5) is 4.79 Å². The summed E-state index contributed by atoms with van der Waals surface area (Å²) >= 11 is 0. The molecular formula is C20H24N4O4. The van der Waals surface area contributed by atoms with E-state index in [0.29, 0.717) is 26.2 Å². The van der Waals surface area contributed by atoms with Crippen LogP contribution in [0, 0.1) is 0 Å². The zero-order valence-corrected chi connectivity index (χ0v) is 16.1. The maximum atomic E-state index is 12.7. The molecule has 0 bridgehead atoms. The number of hydrogen-bond donors (Lipinski definition) is 1. The van der Waals surface area contributed by atoms with Gasteiger partial charge in [-0.2, -0.15) is 0 Å². The highest BCUT2D eigenvalue weighted by atomic mass is 16.5. The van der Waals surface area contributed by atoms with Crippen LogP contribution in [0.15, 0.2) is 47.4 Å². The van der Waals surface area contributed by atoms with Crippen LogP contribution in [0.25, 0.3) is 0 Å². The van der Waals surface area contributed by atoms with Crippen LogP contribution in [-0.2, 0) is 13.7 Å². The Morgan fingerprint density at radius 3 is 2.54 bits per heavy atom. The van der Waals surface area contributed by atoms with E-state index in [9.17, 15) is 14.4 Å². The van der Waals surface area contributed by atoms with Crippen molar-refractivity contribution in [3.63, 3.8) is 0 Å². The number of urea groups is 1. The molecule has 8 nitrogen and oxygen atoms in total. The smallest absolute Gasteiger partial charge is 0.319 e. The van der Waals surface area contributed by atoms with Gasteiger partial charge in [0.25, 0.3) is 5.91 Å². The fraction of sp³-hybridized carbons (Fsp3) is 0.350. The molecule has 1 saturated heterocycles. The van der Waals surface area contributed by atoms with Crippen LogP contribution in [0.2, 0.25) is 0 Å². The molecule has 1 aliphatic rings. The molecule has 0 atom stereocenters. The molecule has 1 N–H and O–H groups in total. The standard InChI is InChI=1S/C20H24N4O4/c1-22-10-8-16(25)18(28-14-15-6-4-3-5-7-15)17(22)19(26)21-9-11-24-13-12-23(2)20(24)27/h3-8,10H,9,11-14H2,1-2H3,(H,21,26). The lowest BCUT2D eigenvalue weighted by atomic mass is 10.2. The van der Waals surface area contributed by atoms with Crippen molar-refractivity contribution in [3.8, 4) is 5.75 Å². The molecule has 0 radical (unpaired) electrons. The van der Waals surface area contributed by atoms with Crippen LogP contribution in [-0.4, -0.2) is 59.5 Å². The monoisotopic (exact) mass is 384 g/mol. The highest BCUT2D eigenvalue weighted by Crippen LogP contribution is 2.14. The molecule has 0 unspecified atom stereocenters. The van der Waals surface area contributed by atoms with Crippen LogP contribution >= 0.6 is 0 Å². The van der Waals surface area contributed by atoms with Crippen LogP contribution in [0.5, 0.6) is 5.75 Å². The third kappa shape index (κ3) is 4.33. The SMILES string of the molecule is CN1CCN(CCNC(=O)c2c(OCc3ccccc3)c(=O)ccn2C)C1=O. The molecule has 8 heteroatoms. The molecule has 0 spiro atoms. The number of pyridine rings is 1. The summed E-state index contributed by atoms with van der Waals surface area (Å²) in [6, 6.07) is 10.8. The van der Waals surface area contributed by atoms with Gasteiger partial charge in [0, 0.05) is 52.5 Å². The van der Waals surface area contributed by atoms with Gasteiger partial charge in [0.1, 0.15) is 6.61 Å². The van der Waals surface area contributed by atoms with E-state index in [2.05, 4.69) is 5.32 Å². The first-order valence-corrected chi connectivity index (χ1v) is 9.12. The lowest BCUT2D eigenvalue weighted by Crippen LogP contribution is -2.38. The average Bonchev–Trinajstić information content (AvgIpc) is 3.01. The minimum absolute atomic E-state index is 0.0170. The minimum Gasteiger partial charge on any atom is -0.483 e. The molecule has 1 aliphatic heterocycles. The number of nitrogens with one attached hydrogen (secondary N) is 1. The summed E-state index contributed by atoms with van der Waals surface area (Å²) in [7, 11) is 3.43. The molecule has 2 heterocycles. The van der Waals surface area contributed by atoms with Gasteiger partial charge >= 0.3 is 6.03 Å². The summed E-state index contributed by atoms with van der Waals surface area (Å²) < 4.78 is 7.26. The Bertz CT molecular complexity index is 910. The fourth-order valence-electron chi connectivity index (χ4n) is 3.04. The number of carbonyl (C=O) groups is 2. The Morgan fingerprint density at radius 1 is 1.11 bits per heavy atom.